The summed E-state index contributed by atoms with van der Waals surface area (Å²) >= 11 is 0. The summed E-state index contributed by atoms with van der Waals surface area (Å²) in [5.41, 5.74) is 0.575. The maximum absolute atomic E-state index is 12.1. The van der Waals surface area contributed by atoms with Gasteiger partial charge in [-0.25, -0.2) is 0 Å². The molecule has 4 heteroatoms. The van der Waals surface area contributed by atoms with E-state index in [-0.39, 0.29) is 24.0 Å². The Morgan fingerprint density at radius 1 is 1.33 bits per heavy atom. The van der Waals surface area contributed by atoms with Crippen molar-refractivity contribution < 1.29 is 14.6 Å². The monoisotopic (exact) mass is 293 g/mol. The normalized spacial score (nSPS) is 13.1. The molecule has 1 amide bonds. The lowest BCUT2D eigenvalue weighted by molar-refractivity contribution is 0.0868. The highest BCUT2D eigenvalue weighted by Gasteiger charge is 2.17. The minimum absolute atomic E-state index is 0.0369. The van der Waals surface area contributed by atoms with E-state index in [0.717, 1.165) is 0 Å². The van der Waals surface area contributed by atoms with Gasteiger partial charge >= 0.3 is 0 Å². The molecule has 1 unspecified atom stereocenters. The van der Waals surface area contributed by atoms with Crippen LogP contribution < -0.4 is 10.1 Å². The molecule has 0 saturated heterocycles. The minimum Gasteiger partial charge on any atom is -0.491 e. The second kappa shape index (κ2) is 7.46. The Kier molecular flexibility index (Phi) is 6.21. The molecule has 0 saturated carbocycles. The number of nitrogens with one attached hydrogen (secondary N) is 1. The first kappa shape index (κ1) is 17.5. The minimum atomic E-state index is -0.538. The largest absolute Gasteiger partial charge is 0.491 e. The highest BCUT2D eigenvalue weighted by molar-refractivity contribution is 5.94. The predicted molar refractivity (Wildman–Crippen MR) is 84.6 cm³/mol. The lowest BCUT2D eigenvalue weighted by Crippen LogP contribution is -2.34. The van der Waals surface area contributed by atoms with E-state index < -0.39 is 6.10 Å². The van der Waals surface area contributed by atoms with E-state index in [1.165, 1.54) is 0 Å². The van der Waals surface area contributed by atoms with Gasteiger partial charge in [0.2, 0.25) is 0 Å². The van der Waals surface area contributed by atoms with E-state index in [2.05, 4.69) is 26.1 Å². The number of rotatable bonds is 6. The van der Waals surface area contributed by atoms with Crippen LogP contribution in [0.15, 0.2) is 24.3 Å². The van der Waals surface area contributed by atoms with Crippen molar-refractivity contribution in [2.24, 2.45) is 5.41 Å². The van der Waals surface area contributed by atoms with Crippen LogP contribution in [0.3, 0.4) is 0 Å². The Morgan fingerprint density at radius 2 is 2.00 bits per heavy atom. The molecule has 0 aromatic heterocycles. The van der Waals surface area contributed by atoms with E-state index >= 15 is 0 Å². The third-order valence-electron chi connectivity index (χ3n) is 2.81. The summed E-state index contributed by atoms with van der Waals surface area (Å²) in [5.74, 6) is 0.477. The SMILES string of the molecule is CC(C)Oc1cccc(C(=O)NCC(O)CC(C)(C)C)c1. The quantitative estimate of drug-likeness (QED) is 0.847. The van der Waals surface area contributed by atoms with Crippen molar-refractivity contribution in [3.63, 3.8) is 0 Å². The van der Waals surface area contributed by atoms with Gasteiger partial charge in [-0.15, -0.1) is 0 Å². The van der Waals surface area contributed by atoms with Crippen LogP contribution in [0.5, 0.6) is 5.75 Å². The summed E-state index contributed by atoms with van der Waals surface area (Å²) in [4.78, 5) is 12.1. The number of amides is 1. The van der Waals surface area contributed by atoms with Gasteiger partial charge in [0, 0.05) is 12.1 Å². The number of aliphatic hydroxyl groups excluding tert-OH is 1. The van der Waals surface area contributed by atoms with Crippen LogP contribution in [0, 0.1) is 5.41 Å². The molecule has 1 aromatic rings. The molecule has 4 nitrogen and oxygen atoms in total. The Balaban J connectivity index is 2.56. The number of carbonyl (C=O) groups is 1. The molecular weight excluding hydrogens is 266 g/mol. The number of hydrogen-bond donors (Lipinski definition) is 2. The molecule has 0 bridgehead atoms. The molecule has 21 heavy (non-hydrogen) atoms. The first-order valence-corrected chi connectivity index (χ1v) is 7.40. The van der Waals surface area contributed by atoms with Crippen LogP contribution in [0.2, 0.25) is 0 Å². The van der Waals surface area contributed by atoms with Crippen molar-refractivity contribution in [3.8, 4) is 5.75 Å². The van der Waals surface area contributed by atoms with Gasteiger partial charge in [-0.05, 0) is 43.9 Å². The second-order valence-electron chi connectivity index (χ2n) is 6.82. The summed E-state index contributed by atoms with van der Waals surface area (Å²) in [6.45, 7) is 10.3. The standard InChI is InChI=1S/C17H27NO3/c1-12(2)21-15-8-6-7-13(9-15)16(20)18-11-14(19)10-17(3,4)5/h6-9,12,14,19H,10-11H2,1-5H3,(H,18,20). The summed E-state index contributed by atoms with van der Waals surface area (Å²) in [6, 6.07) is 7.06. The molecule has 0 aliphatic rings. The topological polar surface area (TPSA) is 58.6 Å². The van der Waals surface area contributed by atoms with Gasteiger partial charge in [-0.1, -0.05) is 26.8 Å². The first-order chi connectivity index (χ1) is 9.67. The van der Waals surface area contributed by atoms with E-state index in [4.69, 9.17) is 4.74 Å². The van der Waals surface area contributed by atoms with Gasteiger partial charge in [-0.2, -0.15) is 0 Å². The third kappa shape index (κ3) is 7.14. The Hall–Kier alpha value is -1.55. The average molecular weight is 293 g/mol. The number of aliphatic hydroxyl groups is 1. The van der Waals surface area contributed by atoms with Crippen LogP contribution in [0.1, 0.15) is 51.4 Å². The van der Waals surface area contributed by atoms with Gasteiger partial charge in [0.1, 0.15) is 5.75 Å². The maximum Gasteiger partial charge on any atom is 0.251 e. The molecule has 1 aromatic carbocycles. The van der Waals surface area contributed by atoms with Crippen LogP contribution in [0.25, 0.3) is 0 Å². The molecule has 0 aliphatic heterocycles. The Morgan fingerprint density at radius 3 is 2.57 bits per heavy atom. The highest BCUT2D eigenvalue weighted by Crippen LogP contribution is 2.20. The van der Waals surface area contributed by atoms with Crippen LogP contribution >= 0.6 is 0 Å². The van der Waals surface area contributed by atoms with Crippen LogP contribution in [-0.4, -0.2) is 29.8 Å². The Bertz CT molecular complexity index is 463. The third-order valence-corrected chi connectivity index (χ3v) is 2.81. The van der Waals surface area contributed by atoms with Crippen LogP contribution in [0.4, 0.5) is 0 Å². The molecule has 1 rings (SSSR count). The van der Waals surface area contributed by atoms with Gasteiger partial charge in [0.15, 0.2) is 0 Å². The van der Waals surface area contributed by atoms with Crippen molar-refractivity contribution in [2.45, 2.75) is 53.2 Å². The molecule has 0 aliphatic carbocycles. The molecular formula is C17H27NO3. The molecule has 2 N–H and O–H groups in total. The average Bonchev–Trinajstić information content (AvgIpc) is 2.33. The van der Waals surface area contributed by atoms with Crippen molar-refractivity contribution >= 4 is 5.91 Å². The molecule has 0 radical (unpaired) electrons. The molecule has 1 atom stereocenters. The van der Waals surface area contributed by atoms with Crippen LogP contribution in [-0.2, 0) is 0 Å². The zero-order valence-corrected chi connectivity index (χ0v) is 13.6. The van der Waals surface area contributed by atoms with Gasteiger partial charge < -0.3 is 15.2 Å². The maximum atomic E-state index is 12.1. The first-order valence-electron chi connectivity index (χ1n) is 7.40. The summed E-state index contributed by atoms with van der Waals surface area (Å²) in [7, 11) is 0. The zero-order chi connectivity index (χ0) is 16.0. The van der Waals surface area contributed by atoms with E-state index in [9.17, 15) is 9.90 Å². The highest BCUT2D eigenvalue weighted by atomic mass is 16.5. The van der Waals surface area contributed by atoms with Gasteiger partial charge in [-0.3, -0.25) is 4.79 Å². The fraction of sp³-hybridized carbons (Fsp3) is 0.588. The summed E-state index contributed by atoms with van der Waals surface area (Å²) in [6.07, 6.45) is 0.171. The number of ether oxygens (including phenoxy) is 1. The van der Waals surface area contributed by atoms with Gasteiger partial charge in [0.25, 0.3) is 5.91 Å². The van der Waals surface area contributed by atoms with Gasteiger partial charge in [0.05, 0.1) is 12.2 Å². The molecule has 0 spiro atoms. The number of hydrogen-bond acceptors (Lipinski definition) is 3. The fourth-order valence-corrected chi connectivity index (χ4v) is 2.07. The number of carbonyl (C=O) groups excluding carboxylic acids is 1. The Labute approximate surface area is 127 Å². The summed E-state index contributed by atoms with van der Waals surface area (Å²) < 4.78 is 5.57. The van der Waals surface area contributed by atoms with E-state index in [1.807, 2.05) is 19.9 Å². The van der Waals surface area contributed by atoms with E-state index in [1.54, 1.807) is 18.2 Å². The molecule has 0 heterocycles. The molecule has 118 valence electrons. The van der Waals surface area contributed by atoms with Crippen molar-refractivity contribution in [1.82, 2.24) is 5.32 Å². The van der Waals surface area contributed by atoms with Crippen molar-refractivity contribution in [1.29, 1.82) is 0 Å². The second-order valence-corrected chi connectivity index (χ2v) is 6.82. The van der Waals surface area contributed by atoms with Crippen molar-refractivity contribution in [3.05, 3.63) is 29.8 Å². The number of benzene rings is 1. The fourth-order valence-electron chi connectivity index (χ4n) is 2.07. The van der Waals surface area contributed by atoms with E-state index in [0.29, 0.717) is 17.7 Å². The zero-order valence-electron chi connectivity index (χ0n) is 13.6. The predicted octanol–water partition coefficient (Wildman–Crippen LogP) is 3.00. The van der Waals surface area contributed by atoms with Crippen molar-refractivity contribution in [2.75, 3.05) is 6.54 Å². The summed E-state index contributed by atoms with van der Waals surface area (Å²) in [5, 5.41) is 12.7. The smallest absolute Gasteiger partial charge is 0.251 e. The lowest BCUT2D eigenvalue weighted by atomic mass is 9.89. The molecule has 0 fully saturated rings. The lowest BCUT2D eigenvalue weighted by Gasteiger charge is -2.22.